The van der Waals surface area contributed by atoms with Crippen LogP contribution >= 0.6 is 0 Å². The van der Waals surface area contributed by atoms with Crippen molar-refractivity contribution in [1.82, 2.24) is 16.0 Å². The van der Waals surface area contributed by atoms with Gasteiger partial charge in [-0.2, -0.15) is 0 Å². The number of hydrogen-bond acceptors (Lipinski definition) is 7. The molecule has 148 valence electrons. The van der Waals surface area contributed by atoms with Gasteiger partial charge in [-0.05, 0) is 25.0 Å². The Morgan fingerprint density at radius 3 is 2.67 bits per heavy atom. The predicted molar refractivity (Wildman–Crippen MR) is 95.4 cm³/mol. The Hall–Kier alpha value is -2.81. The van der Waals surface area contributed by atoms with E-state index in [2.05, 4.69) is 16.0 Å². The number of methoxy groups -OCH3 is 1. The van der Waals surface area contributed by atoms with Crippen LogP contribution in [0.15, 0.2) is 34.1 Å². The van der Waals surface area contributed by atoms with Gasteiger partial charge in [-0.1, -0.05) is 13.8 Å². The Bertz CT molecular complexity index is 711. The summed E-state index contributed by atoms with van der Waals surface area (Å²) < 4.78 is 15.3. The largest absolute Gasteiger partial charge is 0.468 e. The Balaban J connectivity index is 2.36. The Kier molecular flexibility index (Phi) is 7.00. The van der Waals surface area contributed by atoms with Crippen molar-refractivity contribution in [2.75, 3.05) is 20.3 Å². The summed E-state index contributed by atoms with van der Waals surface area (Å²) in [5.41, 5.74) is 0.527. The van der Waals surface area contributed by atoms with Crippen LogP contribution in [0.25, 0.3) is 0 Å². The zero-order valence-electron chi connectivity index (χ0n) is 15.8. The predicted octanol–water partition coefficient (Wildman–Crippen LogP) is 1.24. The van der Waals surface area contributed by atoms with E-state index in [1.165, 1.54) is 13.4 Å². The van der Waals surface area contributed by atoms with Crippen molar-refractivity contribution in [3.05, 3.63) is 35.4 Å². The minimum atomic E-state index is -0.791. The molecular weight excluding hydrogens is 354 g/mol. The lowest BCUT2D eigenvalue weighted by atomic mass is 9.99. The molecule has 1 aromatic rings. The summed E-state index contributed by atoms with van der Waals surface area (Å²) in [6, 6.07) is 1.45. The van der Waals surface area contributed by atoms with Gasteiger partial charge in [-0.25, -0.2) is 9.59 Å². The Labute approximate surface area is 157 Å². The topological polar surface area (TPSA) is 119 Å². The second kappa shape index (κ2) is 9.22. The molecule has 0 aromatic carbocycles. The number of carbonyl (C=O) groups excluding carboxylic acids is 3. The number of rotatable bonds is 8. The Morgan fingerprint density at radius 2 is 2.11 bits per heavy atom. The summed E-state index contributed by atoms with van der Waals surface area (Å²) in [6.45, 7) is 5.66. The minimum absolute atomic E-state index is 0.0534. The summed E-state index contributed by atoms with van der Waals surface area (Å²) in [5.74, 6) is -0.658. The molecule has 0 aliphatic carbocycles. The lowest BCUT2D eigenvalue weighted by molar-refractivity contribution is -0.144. The SMILES string of the molecule is CCOC(=O)C1=C(CN[C@@H](C(=O)OC)C(C)C)NC(=O)N[C@H]1c1ccco1. The van der Waals surface area contributed by atoms with Crippen molar-refractivity contribution in [3.63, 3.8) is 0 Å². The number of esters is 2. The van der Waals surface area contributed by atoms with Crippen LogP contribution in [0, 0.1) is 5.92 Å². The molecule has 3 N–H and O–H groups in total. The van der Waals surface area contributed by atoms with Crippen LogP contribution in [0.5, 0.6) is 0 Å². The Morgan fingerprint density at radius 1 is 1.37 bits per heavy atom. The van der Waals surface area contributed by atoms with E-state index in [-0.39, 0.29) is 24.6 Å². The normalized spacial score (nSPS) is 18.0. The molecule has 9 heteroatoms. The average Bonchev–Trinajstić information content (AvgIpc) is 3.15. The maximum absolute atomic E-state index is 12.6. The molecular formula is C18H25N3O6. The molecule has 2 amide bonds. The molecule has 0 radical (unpaired) electrons. The lowest BCUT2D eigenvalue weighted by Crippen LogP contribution is -2.50. The monoisotopic (exact) mass is 379 g/mol. The molecule has 2 atom stereocenters. The fourth-order valence-corrected chi connectivity index (χ4v) is 2.81. The van der Waals surface area contributed by atoms with Crippen molar-refractivity contribution in [2.45, 2.75) is 32.9 Å². The van der Waals surface area contributed by atoms with Gasteiger partial charge in [0.1, 0.15) is 17.8 Å². The molecule has 0 spiro atoms. The van der Waals surface area contributed by atoms with Gasteiger partial charge in [0, 0.05) is 12.2 Å². The molecule has 0 saturated heterocycles. The molecule has 27 heavy (non-hydrogen) atoms. The quantitative estimate of drug-likeness (QED) is 0.581. The maximum Gasteiger partial charge on any atom is 0.338 e. The second-order valence-corrected chi connectivity index (χ2v) is 6.29. The molecule has 0 unspecified atom stereocenters. The molecule has 1 aromatic heterocycles. The fourth-order valence-electron chi connectivity index (χ4n) is 2.81. The van der Waals surface area contributed by atoms with Gasteiger partial charge in [-0.15, -0.1) is 0 Å². The van der Waals surface area contributed by atoms with Crippen LogP contribution in [0.4, 0.5) is 4.79 Å². The standard InChI is InChI=1S/C18H25N3O6/c1-5-26-16(22)13-11(9-19-14(10(2)3)17(23)25-4)20-18(24)21-15(13)12-7-6-8-27-12/h6-8,10,14-15,19H,5,9H2,1-4H3,(H2,20,21,24)/t14-,15+/m1/s1. The highest BCUT2D eigenvalue weighted by atomic mass is 16.5. The van der Waals surface area contributed by atoms with Crippen molar-refractivity contribution in [2.24, 2.45) is 5.92 Å². The summed E-state index contributed by atoms with van der Waals surface area (Å²) >= 11 is 0. The first-order valence-corrected chi connectivity index (χ1v) is 8.71. The van der Waals surface area contributed by atoms with Gasteiger partial charge in [0.15, 0.2) is 0 Å². The highest BCUT2D eigenvalue weighted by Gasteiger charge is 2.35. The van der Waals surface area contributed by atoms with Gasteiger partial charge in [-0.3, -0.25) is 10.1 Å². The highest BCUT2D eigenvalue weighted by molar-refractivity contribution is 5.95. The van der Waals surface area contributed by atoms with E-state index in [0.29, 0.717) is 11.5 Å². The van der Waals surface area contributed by atoms with E-state index in [1.807, 2.05) is 13.8 Å². The number of carbonyl (C=O) groups is 3. The number of ether oxygens (including phenoxy) is 2. The van der Waals surface area contributed by atoms with Crippen molar-refractivity contribution < 1.29 is 28.3 Å². The zero-order valence-corrected chi connectivity index (χ0v) is 15.8. The van der Waals surface area contributed by atoms with Crippen LogP contribution in [0.3, 0.4) is 0 Å². The van der Waals surface area contributed by atoms with E-state index in [9.17, 15) is 14.4 Å². The third-order valence-corrected chi connectivity index (χ3v) is 4.10. The number of nitrogens with one attached hydrogen (secondary N) is 3. The van der Waals surface area contributed by atoms with Gasteiger partial charge in [0.2, 0.25) is 0 Å². The third kappa shape index (κ3) is 4.88. The smallest absolute Gasteiger partial charge is 0.338 e. The van der Waals surface area contributed by atoms with Gasteiger partial charge in [0.25, 0.3) is 0 Å². The van der Waals surface area contributed by atoms with Gasteiger partial charge < -0.3 is 24.5 Å². The van der Waals surface area contributed by atoms with E-state index in [1.54, 1.807) is 19.1 Å². The van der Waals surface area contributed by atoms with E-state index >= 15 is 0 Å². The first-order valence-electron chi connectivity index (χ1n) is 8.71. The number of hydrogen-bond donors (Lipinski definition) is 3. The van der Waals surface area contributed by atoms with Crippen LogP contribution in [0.2, 0.25) is 0 Å². The molecule has 2 rings (SSSR count). The van der Waals surface area contributed by atoms with Crippen LogP contribution in [-0.2, 0) is 19.1 Å². The van der Waals surface area contributed by atoms with Gasteiger partial charge in [0.05, 0.1) is 25.6 Å². The minimum Gasteiger partial charge on any atom is -0.468 e. The fraction of sp³-hybridized carbons (Fsp3) is 0.500. The van der Waals surface area contributed by atoms with E-state index in [4.69, 9.17) is 13.9 Å². The van der Waals surface area contributed by atoms with Crippen molar-refractivity contribution in [3.8, 4) is 0 Å². The van der Waals surface area contributed by atoms with Crippen molar-refractivity contribution >= 4 is 18.0 Å². The van der Waals surface area contributed by atoms with Crippen LogP contribution < -0.4 is 16.0 Å². The summed E-state index contributed by atoms with van der Waals surface area (Å²) in [5, 5.41) is 8.32. The molecule has 9 nitrogen and oxygen atoms in total. The molecule has 0 saturated carbocycles. The highest BCUT2D eigenvalue weighted by Crippen LogP contribution is 2.28. The zero-order chi connectivity index (χ0) is 20.0. The molecule has 0 bridgehead atoms. The van der Waals surface area contributed by atoms with Gasteiger partial charge >= 0.3 is 18.0 Å². The van der Waals surface area contributed by atoms with E-state index < -0.39 is 30.1 Å². The molecule has 1 aliphatic rings. The average molecular weight is 379 g/mol. The number of amides is 2. The van der Waals surface area contributed by atoms with Crippen LogP contribution in [0.1, 0.15) is 32.6 Å². The number of urea groups is 1. The second-order valence-electron chi connectivity index (χ2n) is 6.29. The summed E-state index contributed by atoms with van der Waals surface area (Å²) in [6.07, 6.45) is 1.45. The first-order chi connectivity index (χ1) is 12.9. The van der Waals surface area contributed by atoms with Crippen molar-refractivity contribution in [1.29, 1.82) is 0 Å². The lowest BCUT2D eigenvalue weighted by Gasteiger charge is -2.29. The van der Waals surface area contributed by atoms with Crippen LogP contribution in [-0.4, -0.2) is 44.3 Å². The summed E-state index contributed by atoms with van der Waals surface area (Å²) in [4.78, 5) is 36.6. The summed E-state index contributed by atoms with van der Waals surface area (Å²) in [7, 11) is 1.31. The molecule has 0 fully saturated rings. The molecule has 2 heterocycles. The number of furan rings is 1. The van der Waals surface area contributed by atoms with E-state index in [0.717, 1.165) is 0 Å². The first kappa shape index (κ1) is 20.5. The maximum atomic E-state index is 12.6. The molecule has 1 aliphatic heterocycles. The third-order valence-electron chi connectivity index (χ3n) is 4.10.